The zero-order valence-corrected chi connectivity index (χ0v) is 12.5. The molecule has 1 heterocycles. The third kappa shape index (κ3) is 4.61. The molecule has 0 fully saturated rings. The van der Waals surface area contributed by atoms with Crippen LogP contribution in [0, 0.1) is 12.8 Å². The number of nitrogens with one attached hydrogen (secondary N) is 1. The van der Waals surface area contributed by atoms with Crippen molar-refractivity contribution in [2.75, 3.05) is 19.4 Å². The maximum atomic E-state index is 4.49. The van der Waals surface area contributed by atoms with Crippen LogP contribution in [0.1, 0.15) is 38.7 Å². The van der Waals surface area contributed by atoms with Crippen molar-refractivity contribution in [2.45, 2.75) is 46.7 Å². The molecule has 0 saturated carbocycles. The number of hydrogen-bond donors (Lipinski definition) is 1. The molecular weight excluding hydrogens is 224 g/mol. The van der Waals surface area contributed by atoms with Crippen LogP contribution in [-0.4, -0.2) is 35.0 Å². The smallest absolute Gasteiger partial charge is 0.144 e. The lowest BCUT2D eigenvalue weighted by molar-refractivity contribution is 0.216. The van der Waals surface area contributed by atoms with Crippen molar-refractivity contribution in [1.29, 1.82) is 0 Å². The van der Waals surface area contributed by atoms with E-state index in [-0.39, 0.29) is 0 Å². The van der Waals surface area contributed by atoms with E-state index in [0.29, 0.717) is 12.0 Å². The van der Waals surface area contributed by atoms with E-state index < -0.39 is 0 Å². The van der Waals surface area contributed by atoms with E-state index >= 15 is 0 Å². The van der Waals surface area contributed by atoms with Gasteiger partial charge in [0.1, 0.15) is 11.6 Å². The second-order valence-corrected chi connectivity index (χ2v) is 5.45. The summed E-state index contributed by atoms with van der Waals surface area (Å²) in [6, 6.07) is 2.51. The molecule has 4 heteroatoms. The molecule has 102 valence electrons. The quantitative estimate of drug-likeness (QED) is 0.843. The van der Waals surface area contributed by atoms with Gasteiger partial charge in [-0.2, -0.15) is 0 Å². The van der Waals surface area contributed by atoms with Gasteiger partial charge in [-0.3, -0.25) is 4.90 Å². The SMILES string of the molecule is CNc1cc(C)nc(CN(C)C(C)CC(C)C)n1. The Kier molecular flexibility index (Phi) is 5.54. The molecule has 18 heavy (non-hydrogen) atoms. The Labute approximate surface area is 111 Å². The van der Waals surface area contributed by atoms with Gasteiger partial charge >= 0.3 is 0 Å². The number of nitrogens with zero attached hydrogens (tertiary/aromatic N) is 3. The van der Waals surface area contributed by atoms with E-state index in [4.69, 9.17) is 0 Å². The van der Waals surface area contributed by atoms with Crippen molar-refractivity contribution >= 4 is 5.82 Å². The maximum absolute atomic E-state index is 4.49. The predicted octanol–water partition coefficient (Wildman–Crippen LogP) is 2.69. The number of anilines is 1. The van der Waals surface area contributed by atoms with Crippen molar-refractivity contribution in [1.82, 2.24) is 14.9 Å². The van der Waals surface area contributed by atoms with Crippen LogP contribution in [0.3, 0.4) is 0 Å². The first-order valence-electron chi connectivity index (χ1n) is 6.65. The average Bonchev–Trinajstić information content (AvgIpc) is 2.27. The summed E-state index contributed by atoms with van der Waals surface area (Å²) in [5.74, 6) is 2.49. The van der Waals surface area contributed by atoms with Crippen molar-refractivity contribution in [3.8, 4) is 0 Å². The Morgan fingerprint density at radius 2 is 1.94 bits per heavy atom. The van der Waals surface area contributed by atoms with Gasteiger partial charge in [0, 0.05) is 24.8 Å². The van der Waals surface area contributed by atoms with Crippen LogP contribution in [0.2, 0.25) is 0 Å². The minimum absolute atomic E-state index is 0.548. The van der Waals surface area contributed by atoms with Crippen LogP contribution in [0.15, 0.2) is 6.07 Å². The highest BCUT2D eigenvalue weighted by molar-refractivity contribution is 5.34. The fourth-order valence-electron chi connectivity index (χ4n) is 2.07. The first-order chi connectivity index (χ1) is 8.42. The van der Waals surface area contributed by atoms with Gasteiger partial charge in [0.2, 0.25) is 0 Å². The van der Waals surface area contributed by atoms with Crippen LogP contribution in [-0.2, 0) is 6.54 Å². The first kappa shape index (κ1) is 14.9. The van der Waals surface area contributed by atoms with Crippen LogP contribution in [0.25, 0.3) is 0 Å². The summed E-state index contributed by atoms with van der Waals surface area (Å²) in [4.78, 5) is 11.3. The van der Waals surface area contributed by atoms with Gasteiger partial charge in [0.25, 0.3) is 0 Å². The summed E-state index contributed by atoms with van der Waals surface area (Å²) in [5.41, 5.74) is 1.01. The zero-order chi connectivity index (χ0) is 13.7. The third-order valence-corrected chi connectivity index (χ3v) is 3.11. The lowest BCUT2D eigenvalue weighted by atomic mass is 10.0. The van der Waals surface area contributed by atoms with E-state index in [1.165, 1.54) is 6.42 Å². The van der Waals surface area contributed by atoms with Crippen LogP contribution in [0.5, 0.6) is 0 Å². The Hall–Kier alpha value is -1.16. The molecule has 0 aliphatic carbocycles. The Bertz CT molecular complexity index is 376. The molecule has 0 spiro atoms. The topological polar surface area (TPSA) is 41.1 Å². The lowest BCUT2D eigenvalue weighted by Gasteiger charge is -2.25. The van der Waals surface area contributed by atoms with Gasteiger partial charge in [-0.1, -0.05) is 13.8 Å². The molecule has 1 unspecified atom stereocenters. The highest BCUT2D eigenvalue weighted by atomic mass is 15.2. The molecule has 0 aromatic carbocycles. The fraction of sp³-hybridized carbons (Fsp3) is 0.714. The van der Waals surface area contributed by atoms with E-state index in [1.54, 1.807) is 0 Å². The maximum Gasteiger partial charge on any atom is 0.144 e. The molecule has 0 aliphatic heterocycles. The van der Waals surface area contributed by atoms with Gasteiger partial charge in [-0.15, -0.1) is 0 Å². The monoisotopic (exact) mass is 250 g/mol. The molecule has 1 aromatic heterocycles. The zero-order valence-electron chi connectivity index (χ0n) is 12.5. The summed E-state index contributed by atoms with van der Waals surface area (Å²) in [6.07, 6.45) is 1.20. The third-order valence-electron chi connectivity index (χ3n) is 3.11. The summed E-state index contributed by atoms with van der Waals surface area (Å²) in [7, 11) is 4.02. The van der Waals surface area contributed by atoms with E-state index in [0.717, 1.165) is 23.9 Å². The van der Waals surface area contributed by atoms with Gasteiger partial charge in [-0.05, 0) is 33.2 Å². The number of aromatic nitrogens is 2. The molecule has 4 nitrogen and oxygen atoms in total. The molecule has 0 saturated heterocycles. The molecule has 0 amide bonds. The molecule has 0 radical (unpaired) electrons. The summed E-state index contributed by atoms with van der Waals surface area (Å²) in [6.45, 7) is 9.57. The van der Waals surface area contributed by atoms with E-state index in [9.17, 15) is 0 Å². The van der Waals surface area contributed by atoms with E-state index in [1.807, 2.05) is 20.0 Å². The van der Waals surface area contributed by atoms with Crippen molar-refractivity contribution in [3.05, 3.63) is 17.6 Å². The Balaban J connectivity index is 2.68. The van der Waals surface area contributed by atoms with Crippen molar-refractivity contribution < 1.29 is 0 Å². The highest BCUT2D eigenvalue weighted by Gasteiger charge is 2.13. The molecule has 1 rings (SSSR count). The highest BCUT2D eigenvalue weighted by Crippen LogP contribution is 2.12. The van der Waals surface area contributed by atoms with Gasteiger partial charge < -0.3 is 5.32 Å². The molecule has 1 aromatic rings. The van der Waals surface area contributed by atoms with Gasteiger partial charge in [0.15, 0.2) is 0 Å². The minimum Gasteiger partial charge on any atom is -0.373 e. The number of rotatable bonds is 6. The van der Waals surface area contributed by atoms with Crippen LogP contribution >= 0.6 is 0 Å². The van der Waals surface area contributed by atoms with Crippen LogP contribution in [0.4, 0.5) is 5.82 Å². The molecule has 1 N–H and O–H groups in total. The van der Waals surface area contributed by atoms with Gasteiger partial charge in [0.05, 0.1) is 6.54 Å². The van der Waals surface area contributed by atoms with E-state index in [2.05, 4.69) is 48.0 Å². The largest absolute Gasteiger partial charge is 0.373 e. The molecule has 0 aliphatic rings. The fourth-order valence-corrected chi connectivity index (χ4v) is 2.07. The van der Waals surface area contributed by atoms with Crippen molar-refractivity contribution in [2.24, 2.45) is 5.92 Å². The second-order valence-electron chi connectivity index (χ2n) is 5.45. The predicted molar refractivity (Wildman–Crippen MR) is 76.7 cm³/mol. The normalized spacial score (nSPS) is 13.1. The standard InChI is InChI=1S/C14H26N4/c1-10(2)7-12(4)18(6)9-14-16-11(3)8-13(15-5)17-14/h8,10,12H,7,9H2,1-6H3,(H,15,16,17). The summed E-state index contributed by atoms with van der Waals surface area (Å²) < 4.78 is 0. The lowest BCUT2D eigenvalue weighted by Crippen LogP contribution is -2.30. The van der Waals surface area contributed by atoms with Crippen LogP contribution < -0.4 is 5.32 Å². The Morgan fingerprint density at radius 1 is 1.28 bits per heavy atom. The molecular formula is C14H26N4. The Morgan fingerprint density at radius 3 is 2.50 bits per heavy atom. The first-order valence-corrected chi connectivity index (χ1v) is 6.65. The summed E-state index contributed by atoms with van der Waals surface area (Å²) in [5, 5.41) is 3.07. The van der Waals surface area contributed by atoms with Crippen molar-refractivity contribution in [3.63, 3.8) is 0 Å². The molecule has 0 bridgehead atoms. The number of hydrogen-bond acceptors (Lipinski definition) is 4. The minimum atomic E-state index is 0.548. The second kappa shape index (κ2) is 6.69. The number of aryl methyl sites for hydroxylation is 1. The van der Waals surface area contributed by atoms with Gasteiger partial charge in [-0.25, -0.2) is 9.97 Å². The average molecular weight is 250 g/mol. The summed E-state index contributed by atoms with van der Waals surface area (Å²) >= 11 is 0. The molecule has 1 atom stereocenters.